The molecule has 1 amide bonds. The zero-order valence-corrected chi connectivity index (χ0v) is 15.1. The fourth-order valence-corrected chi connectivity index (χ4v) is 4.04. The normalized spacial score (nSPS) is 21.6. The lowest BCUT2D eigenvalue weighted by Crippen LogP contribution is -2.49. The first-order valence-electron chi connectivity index (χ1n) is 9.70. The van der Waals surface area contributed by atoms with Gasteiger partial charge in [0.05, 0.1) is 0 Å². The van der Waals surface area contributed by atoms with Crippen LogP contribution < -0.4 is 0 Å². The molecule has 0 aromatic carbocycles. The van der Waals surface area contributed by atoms with E-state index in [0.29, 0.717) is 30.1 Å². The van der Waals surface area contributed by atoms with E-state index in [2.05, 4.69) is 16.7 Å². The molecule has 4 heteroatoms. The number of nitrogens with zero attached hydrogens (tertiary/aromatic N) is 2. The highest BCUT2D eigenvalue weighted by molar-refractivity contribution is 5.80. The zero-order valence-electron chi connectivity index (χ0n) is 15.1. The summed E-state index contributed by atoms with van der Waals surface area (Å²) in [4.78, 5) is 28.6. The smallest absolute Gasteiger partial charge is 0.222 e. The molecule has 0 aromatic rings. The average Bonchev–Trinajstić information content (AvgIpc) is 2.61. The summed E-state index contributed by atoms with van der Waals surface area (Å²) in [6.07, 6.45) is 9.05. The Morgan fingerprint density at radius 2 is 1.57 bits per heavy atom. The monoisotopic (exact) mass is 322 g/mol. The molecule has 2 fully saturated rings. The van der Waals surface area contributed by atoms with Crippen LogP contribution in [0.5, 0.6) is 0 Å². The highest BCUT2D eigenvalue weighted by Crippen LogP contribution is 2.25. The fraction of sp³-hybridized carbons (Fsp3) is 0.895. The van der Waals surface area contributed by atoms with Gasteiger partial charge in [-0.3, -0.25) is 9.59 Å². The van der Waals surface area contributed by atoms with Gasteiger partial charge in [-0.1, -0.05) is 26.7 Å². The molecule has 0 radical (unpaired) electrons. The molecule has 0 aromatic heterocycles. The van der Waals surface area contributed by atoms with Crippen LogP contribution in [0.4, 0.5) is 0 Å². The van der Waals surface area contributed by atoms with Crippen LogP contribution in [0.15, 0.2) is 0 Å². The van der Waals surface area contributed by atoms with Gasteiger partial charge in [0.25, 0.3) is 0 Å². The molecule has 2 aliphatic rings. The molecule has 0 saturated carbocycles. The number of rotatable bonds is 7. The van der Waals surface area contributed by atoms with Gasteiger partial charge in [0.1, 0.15) is 5.78 Å². The summed E-state index contributed by atoms with van der Waals surface area (Å²) in [5, 5.41) is 0. The van der Waals surface area contributed by atoms with Crippen LogP contribution in [-0.2, 0) is 9.59 Å². The van der Waals surface area contributed by atoms with Crippen LogP contribution in [0.3, 0.4) is 0 Å². The third-order valence-corrected chi connectivity index (χ3v) is 5.66. The quantitative estimate of drug-likeness (QED) is 0.676. The first kappa shape index (κ1) is 18.4. The van der Waals surface area contributed by atoms with Crippen LogP contribution in [0.1, 0.15) is 71.6 Å². The van der Waals surface area contributed by atoms with Gasteiger partial charge in [0, 0.05) is 37.9 Å². The highest BCUT2D eigenvalue weighted by atomic mass is 16.2. The van der Waals surface area contributed by atoms with E-state index in [4.69, 9.17) is 0 Å². The highest BCUT2D eigenvalue weighted by Gasteiger charge is 2.30. The first-order chi connectivity index (χ1) is 11.2. The van der Waals surface area contributed by atoms with E-state index < -0.39 is 0 Å². The largest absolute Gasteiger partial charge is 0.343 e. The Labute approximate surface area is 141 Å². The Bertz CT molecular complexity index is 381. The van der Waals surface area contributed by atoms with E-state index >= 15 is 0 Å². The van der Waals surface area contributed by atoms with Crippen molar-refractivity contribution in [2.45, 2.75) is 77.7 Å². The SMILES string of the molecule is CCCCCC(=O)N1CCC(N2CCC(C(=O)CC)CC2)CC1. The summed E-state index contributed by atoms with van der Waals surface area (Å²) in [6, 6.07) is 0.618. The van der Waals surface area contributed by atoms with Crippen LogP contribution in [0, 0.1) is 5.92 Å². The van der Waals surface area contributed by atoms with Crippen molar-refractivity contribution >= 4 is 11.7 Å². The van der Waals surface area contributed by atoms with Crippen molar-refractivity contribution in [3.63, 3.8) is 0 Å². The van der Waals surface area contributed by atoms with Crippen molar-refractivity contribution < 1.29 is 9.59 Å². The maximum atomic E-state index is 12.2. The number of carbonyl (C=O) groups is 2. The van der Waals surface area contributed by atoms with Gasteiger partial charge in [-0.25, -0.2) is 0 Å². The van der Waals surface area contributed by atoms with Gasteiger partial charge in [0.15, 0.2) is 0 Å². The summed E-state index contributed by atoms with van der Waals surface area (Å²) in [6.45, 7) is 8.11. The maximum absolute atomic E-state index is 12.2. The lowest BCUT2D eigenvalue weighted by molar-refractivity contribution is -0.133. The summed E-state index contributed by atoms with van der Waals surface area (Å²) >= 11 is 0. The second kappa shape index (κ2) is 9.41. The topological polar surface area (TPSA) is 40.6 Å². The number of Topliss-reactive ketones (excluding diaryl/α,β-unsaturated/α-hetero) is 1. The van der Waals surface area contributed by atoms with Gasteiger partial charge in [0.2, 0.25) is 5.91 Å². The molecular formula is C19H34N2O2. The van der Waals surface area contributed by atoms with Gasteiger partial charge in [-0.05, 0) is 45.2 Å². The molecule has 0 bridgehead atoms. The van der Waals surface area contributed by atoms with E-state index in [0.717, 1.165) is 71.1 Å². The molecule has 0 atom stereocenters. The minimum Gasteiger partial charge on any atom is -0.343 e. The zero-order chi connectivity index (χ0) is 16.7. The lowest BCUT2D eigenvalue weighted by atomic mass is 9.89. The number of amides is 1. The van der Waals surface area contributed by atoms with E-state index in [-0.39, 0.29) is 0 Å². The number of unbranched alkanes of at least 4 members (excludes halogenated alkanes) is 2. The van der Waals surface area contributed by atoms with Crippen molar-refractivity contribution in [1.82, 2.24) is 9.80 Å². The third kappa shape index (κ3) is 5.30. The predicted molar refractivity (Wildman–Crippen MR) is 93.3 cm³/mol. The summed E-state index contributed by atoms with van der Waals surface area (Å²) in [7, 11) is 0. The molecule has 0 N–H and O–H groups in total. The molecule has 0 spiro atoms. The van der Waals surface area contributed by atoms with Crippen LogP contribution >= 0.6 is 0 Å². The lowest BCUT2D eigenvalue weighted by Gasteiger charge is -2.41. The minimum atomic E-state index is 0.302. The molecule has 2 aliphatic heterocycles. The first-order valence-corrected chi connectivity index (χ1v) is 9.70. The number of carbonyl (C=O) groups excluding carboxylic acids is 2. The molecule has 2 rings (SSSR count). The van der Waals surface area contributed by atoms with Crippen molar-refractivity contribution in [2.24, 2.45) is 5.92 Å². The molecular weight excluding hydrogens is 288 g/mol. The van der Waals surface area contributed by atoms with Crippen molar-refractivity contribution in [2.75, 3.05) is 26.2 Å². The van der Waals surface area contributed by atoms with Gasteiger partial charge in [-0.2, -0.15) is 0 Å². The molecule has 132 valence electrons. The number of hydrogen-bond donors (Lipinski definition) is 0. The number of ketones is 1. The second-order valence-electron chi connectivity index (χ2n) is 7.20. The van der Waals surface area contributed by atoms with Crippen LogP contribution in [0.2, 0.25) is 0 Å². The Balaban J connectivity index is 1.69. The van der Waals surface area contributed by atoms with Crippen molar-refractivity contribution in [3.05, 3.63) is 0 Å². The Morgan fingerprint density at radius 1 is 0.913 bits per heavy atom. The summed E-state index contributed by atoms with van der Waals surface area (Å²) in [5.41, 5.74) is 0. The third-order valence-electron chi connectivity index (χ3n) is 5.66. The van der Waals surface area contributed by atoms with Gasteiger partial charge < -0.3 is 9.80 Å². The maximum Gasteiger partial charge on any atom is 0.222 e. The Hall–Kier alpha value is -0.900. The summed E-state index contributed by atoms with van der Waals surface area (Å²) in [5.74, 6) is 1.10. The summed E-state index contributed by atoms with van der Waals surface area (Å²) < 4.78 is 0. The second-order valence-corrected chi connectivity index (χ2v) is 7.20. The number of likely N-dealkylation sites (tertiary alicyclic amines) is 2. The average molecular weight is 322 g/mol. The van der Waals surface area contributed by atoms with Crippen molar-refractivity contribution in [3.8, 4) is 0 Å². The molecule has 2 saturated heterocycles. The van der Waals surface area contributed by atoms with E-state index in [1.165, 1.54) is 6.42 Å². The Morgan fingerprint density at radius 3 is 2.13 bits per heavy atom. The molecule has 0 aliphatic carbocycles. The Kier molecular flexibility index (Phi) is 7.54. The van der Waals surface area contributed by atoms with E-state index in [9.17, 15) is 9.59 Å². The van der Waals surface area contributed by atoms with E-state index in [1.807, 2.05) is 6.92 Å². The predicted octanol–water partition coefficient (Wildman–Crippen LogP) is 3.25. The van der Waals surface area contributed by atoms with Crippen LogP contribution in [-0.4, -0.2) is 53.7 Å². The standard InChI is InChI=1S/C19H34N2O2/c1-3-5-6-7-19(23)21-14-10-17(11-15-21)20-12-8-16(9-13-20)18(22)4-2/h16-17H,3-15H2,1-2H3. The fourth-order valence-electron chi connectivity index (χ4n) is 4.04. The van der Waals surface area contributed by atoms with Gasteiger partial charge in [-0.15, -0.1) is 0 Å². The van der Waals surface area contributed by atoms with Crippen LogP contribution in [0.25, 0.3) is 0 Å². The molecule has 2 heterocycles. The molecule has 0 unspecified atom stereocenters. The number of piperidine rings is 2. The van der Waals surface area contributed by atoms with Crippen molar-refractivity contribution in [1.29, 1.82) is 0 Å². The van der Waals surface area contributed by atoms with Gasteiger partial charge >= 0.3 is 0 Å². The number of hydrogen-bond acceptors (Lipinski definition) is 3. The minimum absolute atomic E-state index is 0.302. The molecule has 4 nitrogen and oxygen atoms in total. The molecule has 23 heavy (non-hydrogen) atoms. The van der Waals surface area contributed by atoms with E-state index in [1.54, 1.807) is 0 Å².